The highest BCUT2D eigenvalue weighted by atomic mass is 16.5. The van der Waals surface area contributed by atoms with Crippen LogP contribution in [-0.2, 0) is 25.5 Å². The molecular formula is C18H25NO4. The van der Waals surface area contributed by atoms with Crippen LogP contribution in [0, 0.1) is 5.92 Å². The molecule has 1 aromatic rings. The van der Waals surface area contributed by atoms with Crippen molar-refractivity contribution < 1.29 is 19.1 Å². The highest BCUT2D eigenvalue weighted by Crippen LogP contribution is 2.17. The molecule has 1 aromatic carbocycles. The number of hydrogen-bond acceptors (Lipinski definition) is 4. The lowest BCUT2D eigenvalue weighted by Gasteiger charge is -2.27. The molecule has 0 unspecified atom stereocenters. The van der Waals surface area contributed by atoms with E-state index in [1.165, 1.54) is 0 Å². The first-order chi connectivity index (χ1) is 11.2. The van der Waals surface area contributed by atoms with Crippen LogP contribution in [-0.4, -0.2) is 49.7 Å². The normalized spacial score (nSPS) is 16.0. The molecule has 5 nitrogen and oxygen atoms in total. The molecule has 1 aliphatic heterocycles. The number of esters is 1. The summed E-state index contributed by atoms with van der Waals surface area (Å²) in [4.78, 5) is 26.2. The van der Waals surface area contributed by atoms with Crippen LogP contribution >= 0.6 is 0 Å². The van der Waals surface area contributed by atoms with Crippen molar-refractivity contribution in [3.63, 3.8) is 0 Å². The van der Waals surface area contributed by atoms with E-state index in [1.54, 1.807) is 6.92 Å². The van der Waals surface area contributed by atoms with Gasteiger partial charge in [-0.05, 0) is 25.3 Å². The summed E-state index contributed by atoms with van der Waals surface area (Å²) >= 11 is 0. The molecule has 0 bridgehead atoms. The maximum Gasteiger partial charge on any atom is 0.309 e. The predicted molar refractivity (Wildman–Crippen MR) is 86.9 cm³/mol. The van der Waals surface area contributed by atoms with E-state index in [2.05, 4.69) is 0 Å². The van der Waals surface area contributed by atoms with Crippen LogP contribution < -0.4 is 0 Å². The Morgan fingerprint density at radius 3 is 2.57 bits per heavy atom. The molecule has 1 fully saturated rings. The largest absolute Gasteiger partial charge is 0.466 e. The fourth-order valence-corrected chi connectivity index (χ4v) is 2.73. The number of ether oxygens (including phenoxy) is 2. The fourth-order valence-electron chi connectivity index (χ4n) is 2.73. The van der Waals surface area contributed by atoms with Crippen LogP contribution in [0.25, 0.3) is 0 Å². The van der Waals surface area contributed by atoms with Gasteiger partial charge in [-0.1, -0.05) is 30.3 Å². The van der Waals surface area contributed by atoms with Gasteiger partial charge < -0.3 is 14.4 Å². The number of hydrogen-bond donors (Lipinski definition) is 0. The van der Waals surface area contributed by atoms with Gasteiger partial charge in [-0.15, -0.1) is 0 Å². The molecule has 1 aliphatic rings. The van der Waals surface area contributed by atoms with Crippen LogP contribution in [0.4, 0.5) is 0 Å². The highest BCUT2D eigenvalue weighted by molar-refractivity contribution is 5.78. The van der Waals surface area contributed by atoms with Gasteiger partial charge in [-0.2, -0.15) is 0 Å². The van der Waals surface area contributed by atoms with E-state index in [0.717, 1.165) is 5.56 Å². The SMILES string of the molecule is CCOC(=O)[C@@H](CCC(=O)N1CCOCC1)Cc1ccccc1. The zero-order chi connectivity index (χ0) is 16.5. The minimum atomic E-state index is -0.276. The number of amides is 1. The average Bonchev–Trinajstić information content (AvgIpc) is 2.60. The smallest absolute Gasteiger partial charge is 0.309 e. The fraction of sp³-hybridized carbons (Fsp3) is 0.556. The number of carbonyl (C=O) groups is 2. The lowest BCUT2D eigenvalue weighted by Crippen LogP contribution is -2.41. The minimum Gasteiger partial charge on any atom is -0.466 e. The van der Waals surface area contributed by atoms with E-state index < -0.39 is 0 Å². The van der Waals surface area contributed by atoms with Crippen LogP contribution in [0.5, 0.6) is 0 Å². The Kier molecular flexibility index (Phi) is 7.07. The lowest BCUT2D eigenvalue weighted by atomic mass is 9.94. The summed E-state index contributed by atoms with van der Waals surface area (Å²) in [7, 11) is 0. The Morgan fingerprint density at radius 1 is 1.22 bits per heavy atom. The third-order valence-electron chi connectivity index (χ3n) is 4.02. The van der Waals surface area contributed by atoms with Crippen molar-refractivity contribution in [1.82, 2.24) is 4.90 Å². The maximum atomic E-state index is 12.3. The molecule has 1 atom stereocenters. The van der Waals surface area contributed by atoms with Crippen molar-refractivity contribution in [3.8, 4) is 0 Å². The van der Waals surface area contributed by atoms with E-state index in [9.17, 15) is 9.59 Å². The quantitative estimate of drug-likeness (QED) is 0.722. The van der Waals surface area contributed by atoms with Gasteiger partial charge in [-0.25, -0.2) is 0 Å². The van der Waals surface area contributed by atoms with Gasteiger partial charge in [0.1, 0.15) is 0 Å². The molecule has 1 saturated heterocycles. The second kappa shape index (κ2) is 9.30. The molecule has 2 rings (SSSR count). The first-order valence-corrected chi connectivity index (χ1v) is 8.26. The molecule has 126 valence electrons. The average molecular weight is 319 g/mol. The molecule has 0 spiro atoms. The van der Waals surface area contributed by atoms with Gasteiger partial charge >= 0.3 is 5.97 Å². The van der Waals surface area contributed by atoms with Crippen molar-refractivity contribution >= 4 is 11.9 Å². The minimum absolute atomic E-state index is 0.0932. The summed E-state index contributed by atoms with van der Waals surface area (Å²) in [6, 6.07) is 9.85. The monoisotopic (exact) mass is 319 g/mol. The summed E-state index contributed by atoms with van der Waals surface area (Å²) in [6.45, 7) is 4.63. The van der Waals surface area contributed by atoms with Crippen LogP contribution in [0.1, 0.15) is 25.3 Å². The first kappa shape index (κ1) is 17.5. The van der Waals surface area contributed by atoms with E-state index in [1.807, 2.05) is 35.2 Å². The summed E-state index contributed by atoms with van der Waals surface area (Å²) in [6.07, 6.45) is 1.50. The highest BCUT2D eigenvalue weighted by Gasteiger charge is 2.23. The van der Waals surface area contributed by atoms with E-state index >= 15 is 0 Å². The van der Waals surface area contributed by atoms with Gasteiger partial charge in [0.25, 0.3) is 0 Å². The molecule has 5 heteroatoms. The van der Waals surface area contributed by atoms with Crippen LogP contribution in [0.2, 0.25) is 0 Å². The van der Waals surface area contributed by atoms with Gasteiger partial charge in [0.05, 0.1) is 25.7 Å². The zero-order valence-corrected chi connectivity index (χ0v) is 13.7. The number of nitrogens with zero attached hydrogens (tertiary/aromatic N) is 1. The van der Waals surface area contributed by atoms with Gasteiger partial charge in [0, 0.05) is 19.5 Å². The Labute approximate surface area is 137 Å². The van der Waals surface area contributed by atoms with E-state index in [-0.39, 0.29) is 17.8 Å². The van der Waals surface area contributed by atoms with Crippen LogP contribution in [0.3, 0.4) is 0 Å². The molecule has 0 radical (unpaired) electrons. The molecule has 1 heterocycles. The van der Waals surface area contributed by atoms with Gasteiger partial charge in [0.15, 0.2) is 0 Å². The Hall–Kier alpha value is -1.88. The summed E-state index contributed by atoms with van der Waals surface area (Å²) in [5.41, 5.74) is 1.09. The van der Waals surface area contributed by atoms with Gasteiger partial charge in [-0.3, -0.25) is 9.59 Å². The third-order valence-corrected chi connectivity index (χ3v) is 4.02. The Bertz CT molecular complexity index is 497. The number of benzene rings is 1. The third kappa shape index (κ3) is 5.67. The summed E-state index contributed by atoms with van der Waals surface area (Å²) in [5, 5.41) is 0. The summed E-state index contributed by atoms with van der Waals surface area (Å²) in [5.74, 6) is -0.399. The zero-order valence-electron chi connectivity index (χ0n) is 13.7. The van der Waals surface area contributed by atoms with Crippen molar-refractivity contribution in [2.75, 3.05) is 32.9 Å². The topological polar surface area (TPSA) is 55.8 Å². The molecule has 0 aliphatic carbocycles. The molecule has 23 heavy (non-hydrogen) atoms. The second-order valence-electron chi connectivity index (χ2n) is 5.67. The second-order valence-corrected chi connectivity index (χ2v) is 5.67. The number of carbonyl (C=O) groups excluding carboxylic acids is 2. The van der Waals surface area contributed by atoms with Crippen molar-refractivity contribution in [2.45, 2.75) is 26.2 Å². The van der Waals surface area contributed by atoms with Gasteiger partial charge in [0.2, 0.25) is 5.91 Å². The first-order valence-electron chi connectivity index (χ1n) is 8.26. The molecule has 0 saturated carbocycles. The van der Waals surface area contributed by atoms with E-state index in [0.29, 0.717) is 52.2 Å². The molecule has 1 amide bonds. The lowest BCUT2D eigenvalue weighted by molar-refractivity contribution is -0.148. The molecule has 0 N–H and O–H groups in total. The number of morpholine rings is 1. The van der Waals surface area contributed by atoms with Crippen molar-refractivity contribution in [1.29, 1.82) is 0 Å². The Balaban J connectivity index is 1.91. The molecular weight excluding hydrogens is 294 g/mol. The summed E-state index contributed by atoms with van der Waals surface area (Å²) < 4.78 is 10.4. The van der Waals surface area contributed by atoms with Crippen molar-refractivity contribution in [2.24, 2.45) is 5.92 Å². The van der Waals surface area contributed by atoms with Crippen molar-refractivity contribution in [3.05, 3.63) is 35.9 Å². The standard InChI is InChI=1S/C18H25NO4/c1-2-23-18(21)16(14-15-6-4-3-5-7-15)8-9-17(20)19-10-12-22-13-11-19/h3-7,16H,2,8-14H2,1H3/t16-/m0/s1. The molecule has 0 aromatic heterocycles. The Morgan fingerprint density at radius 2 is 1.91 bits per heavy atom. The van der Waals surface area contributed by atoms with E-state index in [4.69, 9.17) is 9.47 Å². The predicted octanol–water partition coefficient (Wildman–Crippen LogP) is 2.05. The maximum absolute atomic E-state index is 12.3. The number of rotatable bonds is 7. The van der Waals surface area contributed by atoms with Crippen LogP contribution in [0.15, 0.2) is 30.3 Å².